The van der Waals surface area contributed by atoms with E-state index in [2.05, 4.69) is 17.4 Å². The van der Waals surface area contributed by atoms with Crippen molar-refractivity contribution < 1.29 is 9.59 Å². The molecule has 2 aromatic carbocycles. The number of thioether (sulfide) groups is 1. The minimum atomic E-state index is -0.446. The van der Waals surface area contributed by atoms with Crippen LogP contribution < -0.4 is 5.32 Å². The highest BCUT2D eigenvalue weighted by Crippen LogP contribution is 2.17. The zero-order valence-electron chi connectivity index (χ0n) is 17.0. The number of rotatable bonds is 10. The molecule has 2 amide bonds. The molecule has 0 radical (unpaired) electrons. The Hall–Kier alpha value is -2.27. The van der Waals surface area contributed by atoms with Crippen LogP contribution in [0.3, 0.4) is 0 Å². The monoisotopic (exact) mass is 398 g/mol. The molecule has 0 aromatic heterocycles. The van der Waals surface area contributed by atoms with Crippen molar-refractivity contribution in [1.29, 1.82) is 0 Å². The van der Waals surface area contributed by atoms with Crippen LogP contribution in [0.5, 0.6) is 0 Å². The van der Waals surface area contributed by atoms with Crippen molar-refractivity contribution in [3.05, 3.63) is 71.3 Å². The lowest BCUT2D eigenvalue weighted by Crippen LogP contribution is -2.48. The van der Waals surface area contributed by atoms with Crippen LogP contribution in [0.25, 0.3) is 0 Å². The molecule has 1 atom stereocenters. The number of likely N-dealkylation sites (N-methyl/N-ethyl adjacent to an activating group) is 1. The molecule has 0 aliphatic rings. The van der Waals surface area contributed by atoms with Crippen molar-refractivity contribution in [2.24, 2.45) is 0 Å². The van der Waals surface area contributed by atoms with Crippen molar-refractivity contribution >= 4 is 23.6 Å². The van der Waals surface area contributed by atoms with Gasteiger partial charge in [-0.05, 0) is 24.5 Å². The van der Waals surface area contributed by atoms with E-state index < -0.39 is 6.04 Å². The molecule has 28 heavy (non-hydrogen) atoms. The summed E-state index contributed by atoms with van der Waals surface area (Å²) in [5.74, 6) is 1.54. The van der Waals surface area contributed by atoms with Crippen molar-refractivity contribution in [1.82, 2.24) is 10.2 Å². The minimum Gasteiger partial charge on any atom is -0.357 e. The molecule has 0 spiro atoms. The summed E-state index contributed by atoms with van der Waals surface area (Å²) in [6.07, 6.45) is 1.02. The first-order valence-electron chi connectivity index (χ1n) is 9.73. The second-order valence-corrected chi connectivity index (χ2v) is 7.94. The van der Waals surface area contributed by atoms with Gasteiger partial charge < -0.3 is 10.2 Å². The van der Waals surface area contributed by atoms with Crippen LogP contribution in [0, 0.1) is 6.92 Å². The largest absolute Gasteiger partial charge is 0.357 e. The molecule has 1 N–H and O–H groups in total. The number of carbonyl (C=O) groups excluding carboxylic acids is 2. The van der Waals surface area contributed by atoms with Crippen LogP contribution in [0.2, 0.25) is 0 Å². The van der Waals surface area contributed by atoms with Crippen LogP contribution in [-0.4, -0.2) is 35.6 Å². The average molecular weight is 399 g/mol. The summed E-state index contributed by atoms with van der Waals surface area (Å²) in [7, 11) is 1.62. The molecule has 150 valence electrons. The number of nitrogens with one attached hydrogen (secondary N) is 1. The normalized spacial score (nSPS) is 11.7. The van der Waals surface area contributed by atoms with Crippen molar-refractivity contribution in [3.63, 3.8) is 0 Å². The van der Waals surface area contributed by atoms with E-state index in [0.717, 1.165) is 17.1 Å². The molecule has 0 heterocycles. The minimum absolute atomic E-state index is 0.0246. The van der Waals surface area contributed by atoms with E-state index in [1.54, 1.807) is 23.7 Å². The van der Waals surface area contributed by atoms with Crippen LogP contribution in [0.4, 0.5) is 0 Å². The average Bonchev–Trinajstić information content (AvgIpc) is 2.72. The number of amides is 2. The molecule has 0 fully saturated rings. The summed E-state index contributed by atoms with van der Waals surface area (Å²) in [6.45, 7) is 4.43. The lowest BCUT2D eigenvalue weighted by atomic mass is 10.1. The Balaban J connectivity index is 2.00. The van der Waals surface area contributed by atoms with E-state index in [4.69, 9.17) is 0 Å². The summed E-state index contributed by atoms with van der Waals surface area (Å²) in [5.41, 5.74) is 3.48. The highest BCUT2D eigenvalue weighted by molar-refractivity contribution is 7.98. The Bertz CT molecular complexity index is 747. The molecular weight excluding hydrogens is 368 g/mol. The summed E-state index contributed by atoms with van der Waals surface area (Å²) < 4.78 is 0. The quantitative estimate of drug-likeness (QED) is 0.611. The van der Waals surface area contributed by atoms with Crippen molar-refractivity contribution in [2.75, 3.05) is 12.8 Å². The van der Waals surface area contributed by atoms with Gasteiger partial charge in [-0.3, -0.25) is 9.59 Å². The van der Waals surface area contributed by atoms with Crippen LogP contribution in [0.1, 0.15) is 36.5 Å². The lowest BCUT2D eigenvalue weighted by Gasteiger charge is -2.30. The SMILES string of the molecule is CC[C@H](C(=O)NC)N(Cc1ccc(C)cc1)C(=O)CCSCc1ccccc1. The van der Waals surface area contributed by atoms with Crippen LogP contribution in [-0.2, 0) is 21.9 Å². The molecule has 2 rings (SSSR count). The fourth-order valence-electron chi connectivity index (χ4n) is 3.04. The predicted octanol–water partition coefficient (Wildman–Crippen LogP) is 4.17. The molecule has 5 heteroatoms. The van der Waals surface area contributed by atoms with Crippen LogP contribution in [0.15, 0.2) is 54.6 Å². The number of hydrogen-bond donors (Lipinski definition) is 1. The van der Waals surface area contributed by atoms with Crippen LogP contribution >= 0.6 is 11.8 Å². The van der Waals surface area contributed by atoms with E-state index in [0.29, 0.717) is 19.4 Å². The fourth-order valence-corrected chi connectivity index (χ4v) is 3.94. The molecule has 0 unspecified atom stereocenters. The first-order chi connectivity index (χ1) is 13.5. The standard InChI is InChI=1S/C23H30N2O2S/c1-4-21(23(27)24-3)25(16-19-12-10-18(2)11-13-19)22(26)14-15-28-17-20-8-6-5-7-9-20/h5-13,21H,4,14-17H2,1-3H3,(H,24,27)/t21-/m1/s1. The van der Waals surface area contributed by atoms with Crippen molar-refractivity contribution in [3.8, 4) is 0 Å². The van der Waals surface area contributed by atoms with Gasteiger partial charge in [0.05, 0.1) is 0 Å². The van der Waals surface area contributed by atoms with Gasteiger partial charge in [0.2, 0.25) is 11.8 Å². The van der Waals surface area contributed by atoms with Gasteiger partial charge in [-0.25, -0.2) is 0 Å². The first-order valence-corrected chi connectivity index (χ1v) is 10.9. The van der Waals surface area contributed by atoms with Gasteiger partial charge >= 0.3 is 0 Å². The van der Waals surface area contributed by atoms with E-state index in [9.17, 15) is 9.59 Å². The third-order valence-corrected chi connectivity index (χ3v) is 5.71. The number of carbonyl (C=O) groups is 2. The Morgan fingerprint density at radius 1 is 1.04 bits per heavy atom. The maximum absolute atomic E-state index is 13.0. The zero-order chi connectivity index (χ0) is 20.4. The van der Waals surface area contributed by atoms with Gasteiger partial charge in [0.25, 0.3) is 0 Å². The maximum Gasteiger partial charge on any atom is 0.242 e. The van der Waals surface area contributed by atoms with Gasteiger partial charge in [0.1, 0.15) is 6.04 Å². The van der Waals surface area contributed by atoms with Gasteiger partial charge in [-0.1, -0.05) is 67.1 Å². The van der Waals surface area contributed by atoms with E-state index in [1.165, 1.54) is 11.1 Å². The van der Waals surface area contributed by atoms with Gasteiger partial charge in [0.15, 0.2) is 0 Å². The topological polar surface area (TPSA) is 49.4 Å². The second-order valence-electron chi connectivity index (χ2n) is 6.83. The molecule has 0 bridgehead atoms. The van der Waals surface area contributed by atoms with Gasteiger partial charge in [-0.2, -0.15) is 11.8 Å². The second kappa shape index (κ2) is 11.5. The zero-order valence-corrected chi connectivity index (χ0v) is 17.8. The molecule has 4 nitrogen and oxygen atoms in total. The Labute approximate surface area is 172 Å². The van der Waals surface area contributed by atoms with Gasteiger partial charge in [0, 0.05) is 31.5 Å². The molecule has 2 aromatic rings. The third-order valence-electron chi connectivity index (χ3n) is 4.68. The smallest absolute Gasteiger partial charge is 0.242 e. The van der Waals surface area contributed by atoms with E-state index in [1.807, 2.05) is 56.3 Å². The molecule has 0 saturated heterocycles. The van der Waals surface area contributed by atoms with E-state index >= 15 is 0 Å². The molecule has 0 aliphatic heterocycles. The first kappa shape index (κ1) is 22.0. The fraction of sp³-hybridized carbons (Fsp3) is 0.391. The summed E-state index contributed by atoms with van der Waals surface area (Å²) in [5, 5.41) is 2.70. The molecule has 0 aliphatic carbocycles. The highest BCUT2D eigenvalue weighted by atomic mass is 32.2. The maximum atomic E-state index is 13.0. The molecule has 0 saturated carbocycles. The van der Waals surface area contributed by atoms with Gasteiger partial charge in [-0.15, -0.1) is 0 Å². The van der Waals surface area contributed by atoms with Crippen molar-refractivity contribution in [2.45, 2.75) is 45.0 Å². The number of aryl methyl sites for hydroxylation is 1. The highest BCUT2D eigenvalue weighted by Gasteiger charge is 2.27. The summed E-state index contributed by atoms with van der Waals surface area (Å²) in [4.78, 5) is 27.0. The number of hydrogen-bond acceptors (Lipinski definition) is 3. The summed E-state index contributed by atoms with van der Waals surface area (Å²) in [6, 6.07) is 17.9. The third kappa shape index (κ3) is 6.71. The lowest BCUT2D eigenvalue weighted by molar-refractivity contribution is -0.140. The van der Waals surface area contributed by atoms with E-state index in [-0.39, 0.29) is 11.8 Å². The Kier molecular flexibility index (Phi) is 9.08. The number of benzene rings is 2. The summed E-state index contributed by atoms with van der Waals surface area (Å²) >= 11 is 1.75. The Morgan fingerprint density at radius 3 is 2.32 bits per heavy atom. The Morgan fingerprint density at radius 2 is 1.71 bits per heavy atom. The molecular formula is C23H30N2O2S. The predicted molar refractivity (Wildman–Crippen MR) is 117 cm³/mol. The number of nitrogens with zero attached hydrogens (tertiary/aromatic N) is 1.